The van der Waals surface area contributed by atoms with E-state index in [1.54, 1.807) is 13.1 Å². The Balaban J connectivity index is 2.34. The molecule has 1 aliphatic rings. The first-order chi connectivity index (χ1) is 10.0. The molecule has 0 unspecified atom stereocenters. The van der Waals surface area contributed by atoms with Crippen molar-refractivity contribution in [3.63, 3.8) is 0 Å². The van der Waals surface area contributed by atoms with Gasteiger partial charge in [0.2, 0.25) is 10.0 Å². The van der Waals surface area contributed by atoms with Crippen molar-refractivity contribution in [3.8, 4) is 0 Å². The second kappa shape index (κ2) is 6.85. The fourth-order valence-electron chi connectivity index (χ4n) is 2.36. The third kappa shape index (κ3) is 3.81. The van der Waals surface area contributed by atoms with Crippen LogP contribution >= 0.6 is 0 Å². The lowest BCUT2D eigenvalue weighted by Gasteiger charge is -2.22. The van der Waals surface area contributed by atoms with E-state index in [0.717, 1.165) is 31.2 Å². The number of nitrogens with one attached hydrogen (secondary N) is 1. The molecule has 6 heteroatoms. The minimum Gasteiger partial charge on any atom is -0.316 e. The summed E-state index contributed by atoms with van der Waals surface area (Å²) < 4.78 is 41.1. The number of halogens is 1. The van der Waals surface area contributed by atoms with E-state index in [2.05, 4.69) is 5.32 Å². The lowest BCUT2D eigenvalue weighted by Crippen LogP contribution is -2.34. The molecule has 0 aliphatic heterocycles. The zero-order chi connectivity index (χ0) is 15.5. The Bertz CT molecular complexity index is 585. The average molecular weight is 314 g/mol. The molecule has 0 saturated heterocycles. The first-order valence-corrected chi connectivity index (χ1v) is 8.89. The van der Waals surface area contributed by atoms with Gasteiger partial charge >= 0.3 is 0 Å². The molecule has 1 fully saturated rings. The van der Waals surface area contributed by atoms with E-state index in [0.29, 0.717) is 13.1 Å². The quantitative estimate of drug-likeness (QED) is 0.802. The second-order valence-electron chi connectivity index (χ2n) is 5.50. The number of sulfonamides is 1. The summed E-state index contributed by atoms with van der Waals surface area (Å²) in [6.45, 7) is 3.01. The van der Waals surface area contributed by atoms with Crippen molar-refractivity contribution in [2.45, 2.75) is 50.1 Å². The van der Waals surface area contributed by atoms with Gasteiger partial charge in [-0.3, -0.25) is 0 Å². The van der Waals surface area contributed by atoms with Crippen LogP contribution < -0.4 is 5.32 Å². The number of benzene rings is 1. The lowest BCUT2D eigenvalue weighted by molar-refractivity contribution is 0.392. The van der Waals surface area contributed by atoms with Crippen molar-refractivity contribution in [2.75, 3.05) is 13.6 Å². The monoisotopic (exact) mass is 314 g/mol. The number of rotatable bonds is 8. The standard InChI is InChI=1S/C15H23FN2O2S/c1-3-4-9-18(13-6-7-13)21(19,20)15-10-12(11-17-2)5-8-14(15)16/h5,8,10,13,17H,3-4,6-7,9,11H2,1-2H3. The van der Waals surface area contributed by atoms with E-state index < -0.39 is 15.8 Å². The Morgan fingerprint density at radius 2 is 2.10 bits per heavy atom. The van der Waals surface area contributed by atoms with Gasteiger partial charge in [0.25, 0.3) is 0 Å². The van der Waals surface area contributed by atoms with Crippen LogP contribution in [0.3, 0.4) is 0 Å². The van der Waals surface area contributed by atoms with Gasteiger partial charge < -0.3 is 5.32 Å². The van der Waals surface area contributed by atoms with Gasteiger partial charge in [0.05, 0.1) is 0 Å². The first kappa shape index (κ1) is 16.4. The van der Waals surface area contributed by atoms with Gasteiger partial charge in [-0.2, -0.15) is 4.31 Å². The second-order valence-corrected chi connectivity index (χ2v) is 7.35. The van der Waals surface area contributed by atoms with Crippen LogP contribution in [0, 0.1) is 5.82 Å². The Morgan fingerprint density at radius 3 is 2.67 bits per heavy atom. The van der Waals surface area contributed by atoms with Crippen LogP contribution in [0.2, 0.25) is 0 Å². The van der Waals surface area contributed by atoms with Gasteiger partial charge in [0, 0.05) is 19.1 Å². The summed E-state index contributed by atoms with van der Waals surface area (Å²) in [7, 11) is -1.98. The highest BCUT2D eigenvalue weighted by molar-refractivity contribution is 7.89. The van der Waals surface area contributed by atoms with Crippen LogP contribution in [0.1, 0.15) is 38.2 Å². The number of hydrogen-bond donors (Lipinski definition) is 1. The third-order valence-electron chi connectivity index (χ3n) is 3.65. The van der Waals surface area contributed by atoms with E-state index in [4.69, 9.17) is 0 Å². The van der Waals surface area contributed by atoms with Crippen molar-refractivity contribution >= 4 is 10.0 Å². The van der Waals surface area contributed by atoms with Gasteiger partial charge in [-0.15, -0.1) is 0 Å². The van der Waals surface area contributed by atoms with E-state index in [9.17, 15) is 12.8 Å². The molecule has 0 bridgehead atoms. The van der Waals surface area contributed by atoms with Crippen LogP contribution in [0.25, 0.3) is 0 Å². The number of hydrogen-bond acceptors (Lipinski definition) is 3. The Labute approximate surface area is 126 Å². The van der Waals surface area contributed by atoms with Gasteiger partial charge in [0.15, 0.2) is 0 Å². The molecule has 1 aromatic carbocycles. The molecule has 118 valence electrons. The Morgan fingerprint density at radius 1 is 1.38 bits per heavy atom. The van der Waals surface area contributed by atoms with Gasteiger partial charge in [-0.05, 0) is 44.0 Å². The number of unbranched alkanes of at least 4 members (excludes halogenated alkanes) is 1. The van der Waals surface area contributed by atoms with Gasteiger partial charge in [-0.25, -0.2) is 12.8 Å². The largest absolute Gasteiger partial charge is 0.316 e. The van der Waals surface area contributed by atoms with E-state index in [1.807, 2.05) is 6.92 Å². The molecule has 0 radical (unpaired) electrons. The highest BCUT2D eigenvalue weighted by atomic mass is 32.2. The van der Waals surface area contributed by atoms with Gasteiger partial charge in [-0.1, -0.05) is 19.4 Å². The summed E-state index contributed by atoms with van der Waals surface area (Å²) in [6, 6.07) is 4.35. The van der Waals surface area contributed by atoms with Crippen molar-refractivity contribution in [1.29, 1.82) is 0 Å². The van der Waals surface area contributed by atoms with Crippen LogP contribution in [-0.4, -0.2) is 32.4 Å². The zero-order valence-corrected chi connectivity index (χ0v) is 13.4. The highest BCUT2D eigenvalue weighted by Crippen LogP contribution is 2.33. The minimum absolute atomic E-state index is 0.0499. The maximum Gasteiger partial charge on any atom is 0.246 e. The normalized spacial score (nSPS) is 15.6. The fraction of sp³-hybridized carbons (Fsp3) is 0.600. The molecule has 0 spiro atoms. The molecule has 21 heavy (non-hydrogen) atoms. The summed E-state index contributed by atoms with van der Waals surface area (Å²) in [6.07, 6.45) is 3.47. The van der Waals surface area contributed by atoms with E-state index in [-0.39, 0.29) is 10.9 Å². The molecule has 0 heterocycles. The topological polar surface area (TPSA) is 49.4 Å². The predicted octanol–water partition coefficient (Wildman–Crippen LogP) is 2.50. The molecule has 2 rings (SSSR count). The average Bonchev–Trinajstić information content (AvgIpc) is 3.26. The molecule has 1 aromatic rings. The van der Waals surface area contributed by atoms with Crippen LogP contribution in [-0.2, 0) is 16.6 Å². The molecular formula is C15H23FN2O2S. The SMILES string of the molecule is CCCCN(C1CC1)S(=O)(=O)c1cc(CNC)ccc1F. The van der Waals surface area contributed by atoms with Crippen molar-refractivity contribution < 1.29 is 12.8 Å². The van der Waals surface area contributed by atoms with Crippen molar-refractivity contribution in [3.05, 3.63) is 29.6 Å². The van der Waals surface area contributed by atoms with Crippen LogP contribution in [0.4, 0.5) is 4.39 Å². The number of nitrogens with zero attached hydrogens (tertiary/aromatic N) is 1. The smallest absolute Gasteiger partial charge is 0.246 e. The maximum absolute atomic E-state index is 14.0. The first-order valence-electron chi connectivity index (χ1n) is 7.45. The van der Waals surface area contributed by atoms with Crippen molar-refractivity contribution in [1.82, 2.24) is 9.62 Å². The van der Waals surface area contributed by atoms with E-state index >= 15 is 0 Å². The zero-order valence-electron chi connectivity index (χ0n) is 12.6. The lowest BCUT2D eigenvalue weighted by atomic mass is 10.2. The highest BCUT2D eigenvalue weighted by Gasteiger charge is 2.38. The maximum atomic E-state index is 14.0. The van der Waals surface area contributed by atoms with Crippen LogP contribution in [0.5, 0.6) is 0 Å². The van der Waals surface area contributed by atoms with Crippen LogP contribution in [0.15, 0.2) is 23.1 Å². The molecular weight excluding hydrogens is 291 g/mol. The molecule has 0 amide bonds. The Hall–Kier alpha value is -0.980. The minimum atomic E-state index is -3.75. The molecule has 1 N–H and O–H groups in total. The summed E-state index contributed by atoms with van der Waals surface area (Å²) in [4.78, 5) is -0.196. The molecule has 0 aromatic heterocycles. The van der Waals surface area contributed by atoms with Gasteiger partial charge in [0.1, 0.15) is 10.7 Å². The summed E-state index contributed by atoms with van der Waals surface area (Å²) >= 11 is 0. The summed E-state index contributed by atoms with van der Waals surface area (Å²) in [5.41, 5.74) is 0.767. The fourth-order valence-corrected chi connectivity index (χ4v) is 4.20. The Kier molecular flexibility index (Phi) is 5.35. The van der Waals surface area contributed by atoms with Crippen molar-refractivity contribution in [2.24, 2.45) is 0 Å². The predicted molar refractivity (Wildman–Crippen MR) is 81.0 cm³/mol. The molecule has 1 saturated carbocycles. The third-order valence-corrected chi connectivity index (χ3v) is 5.62. The molecule has 1 aliphatic carbocycles. The van der Waals surface area contributed by atoms with E-state index in [1.165, 1.54) is 16.4 Å². The summed E-state index contributed by atoms with van der Waals surface area (Å²) in [5.74, 6) is -0.669. The summed E-state index contributed by atoms with van der Waals surface area (Å²) in [5, 5.41) is 2.95. The molecule has 4 nitrogen and oxygen atoms in total. The molecule has 0 atom stereocenters.